The molecule has 1 unspecified atom stereocenters. The average molecular weight is 363 g/mol. The van der Waals surface area contributed by atoms with Crippen molar-refractivity contribution in [3.63, 3.8) is 0 Å². The lowest BCUT2D eigenvalue weighted by atomic mass is 10.0. The van der Waals surface area contributed by atoms with Crippen molar-refractivity contribution in [2.75, 3.05) is 7.11 Å². The Morgan fingerprint density at radius 3 is 2.37 bits per heavy atom. The summed E-state index contributed by atoms with van der Waals surface area (Å²) in [7, 11) is 3.57. The number of rotatable bonds is 5. The molecule has 0 aliphatic heterocycles. The van der Waals surface area contributed by atoms with Crippen molar-refractivity contribution in [2.24, 2.45) is 7.05 Å². The Kier molecular flexibility index (Phi) is 5.31. The normalized spacial score (nSPS) is 11.9. The van der Waals surface area contributed by atoms with E-state index in [9.17, 15) is 4.79 Å². The maximum atomic E-state index is 12.7. The predicted molar refractivity (Wildman–Crippen MR) is 107 cm³/mol. The molecular weight excluding hydrogens is 338 g/mol. The fourth-order valence-electron chi connectivity index (χ4n) is 3.45. The van der Waals surface area contributed by atoms with E-state index in [1.54, 1.807) is 7.11 Å². The van der Waals surface area contributed by atoms with E-state index in [1.807, 2.05) is 81.0 Å². The summed E-state index contributed by atoms with van der Waals surface area (Å²) in [6.07, 6.45) is 0. The van der Waals surface area contributed by atoms with Gasteiger partial charge in [0.2, 0.25) is 0 Å². The number of nitrogens with one attached hydrogen (secondary N) is 1. The zero-order chi connectivity index (χ0) is 19.6. The Labute approximate surface area is 160 Å². The molecule has 1 atom stereocenters. The quantitative estimate of drug-likeness (QED) is 0.739. The third-order valence-corrected chi connectivity index (χ3v) is 4.91. The lowest BCUT2D eigenvalue weighted by Gasteiger charge is -2.15. The van der Waals surface area contributed by atoms with Crippen LogP contribution < -0.4 is 10.1 Å². The second-order valence-corrected chi connectivity index (χ2v) is 6.68. The highest BCUT2D eigenvalue weighted by Crippen LogP contribution is 2.29. The Hall–Kier alpha value is -3.08. The first-order valence-electron chi connectivity index (χ1n) is 8.96. The highest BCUT2D eigenvalue weighted by atomic mass is 16.5. The van der Waals surface area contributed by atoms with E-state index >= 15 is 0 Å². The van der Waals surface area contributed by atoms with Crippen LogP contribution in [0.3, 0.4) is 0 Å². The van der Waals surface area contributed by atoms with Crippen LogP contribution in [-0.2, 0) is 7.05 Å². The molecule has 0 bridgehead atoms. The first-order chi connectivity index (χ1) is 12.9. The van der Waals surface area contributed by atoms with Gasteiger partial charge in [0, 0.05) is 29.4 Å². The standard InChI is InChI=1S/C22H25N3O2/c1-14(21-15(2)24-25(4)16(21)3)23-22(26)18-12-10-17(11-13-18)19-8-6-7-9-20(19)27-5/h6-14H,1-5H3,(H,23,26). The Balaban J connectivity index is 1.78. The zero-order valence-electron chi connectivity index (χ0n) is 16.4. The molecule has 0 spiro atoms. The van der Waals surface area contributed by atoms with Gasteiger partial charge >= 0.3 is 0 Å². The summed E-state index contributed by atoms with van der Waals surface area (Å²) in [5.74, 6) is 0.711. The molecule has 0 aliphatic rings. The number of benzene rings is 2. The summed E-state index contributed by atoms with van der Waals surface area (Å²) in [5.41, 5.74) is 5.70. The van der Waals surface area contributed by atoms with Gasteiger partial charge in [-0.25, -0.2) is 0 Å². The fourth-order valence-corrected chi connectivity index (χ4v) is 3.45. The van der Waals surface area contributed by atoms with Crippen molar-refractivity contribution in [3.8, 4) is 16.9 Å². The number of aryl methyl sites for hydroxylation is 2. The van der Waals surface area contributed by atoms with Crippen LogP contribution in [0.4, 0.5) is 0 Å². The molecule has 2 aromatic carbocycles. The van der Waals surface area contributed by atoms with E-state index in [0.717, 1.165) is 33.8 Å². The molecule has 0 fully saturated rings. The molecule has 0 aliphatic carbocycles. The first-order valence-corrected chi connectivity index (χ1v) is 8.96. The number of carbonyl (C=O) groups is 1. The smallest absolute Gasteiger partial charge is 0.251 e. The molecule has 1 aromatic heterocycles. The van der Waals surface area contributed by atoms with Crippen molar-refractivity contribution in [1.82, 2.24) is 15.1 Å². The Morgan fingerprint density at radius 2 is 1.78 bits per heavy atom. The van der Waals surface area contributed by atoms with E-state index in [2.05, 4.69) is 10.4 Å². The van der Waals surface area contributed by atoms with Crippen molar-refractivity contribution < 1.29 is 9.53 Å². The average Bonchev–Trinajstić information content (AvgIpc) is 2.93. The zero-order valence-corrected chi connectivity index (χ0v) is 16.4. The van der Waals surface area contributed by atoms with Crippen LogP contribution in [0.1, 0.15) is 40.3 Å². The van der Waals surface area contributed by atoms with Gasteiger partial charge in [0.15, 0.2) is 0 Å². The number of methoxy groups -OCH3 is 1. The lowest BCUT2D eigenvalue weighted by Crippen LogP contribution is -2.27. The van der Waals surface area contributed by atoms with Gasteiger partial charge < -0.3 is 10.1 Å². The van der Waals surface area contributed by atoms with Gasteiger partial charge in [0.1, 0.15) is 5.75 Å². The second kappa shape index (κ2) is 7.66. The Morgan fingerprint density at radius 1 is 1.11 bits per heavy atom. The highest BCUT2D eigenvalue weighted by Gasteiger charge is 2.19. The number of nitrogens with zero attached hydrogens (tertiary/aromatic N) is 2. The molecule has 5 nitrogen and oxygen atoms in total. The van der Waals surface area contributed by atoms with E-state index in [0.29, 0.717) is 5.56 Å². The van der Waals surface area contributed by atoms with Crippen molar-refractivity contribution in [1.29, 1.82) is 0 Å². The molecule has 3 rings (SSSR count). The molecule has 1 N–H and O–H groups in total. The van der Waals surface area contributed by atoms with Crippen molar-refractivity contribution in [2.45, 2.75) is 26.8 Å². The van der Waals surface area contributed by atoms with Gasteiger partial charge in [0.05, 0.1) is 18.8 Å². The number of para-hydroxylation sites is 1. The first kappa shape index (κ1) is 18.7. The van der Waals surface area contributed by atoms with Gasteiger partial charge in [0.25, 0.3) is 5.91 Å². The second-order valence-electron chi connectivity index (χ2n) is 6.68. The van der Waals surface area contributed by atoms with Crippen LogP contribution in [-0.4, -0.2) is 22.8 Å². The Bertz CT molecular complexity index is 958. The van der Waals surface area contributed by atoms with Gasteiger partial charge in [-0.2, -0.15) is 5.10 Å². The molecule has 0 radical (unpaired) electrons. The van der Waals surface area contributed by atoms with E-state index in [1.165, 1.54) is 0 Å². The molecule has 5 heteroatoms. The minimum absolute atomic E-state index is 0.100. The number of hydrogen-bond acceptors (Lipinski definition) is 3. The summed E-state index contributed by atoms with van der Waals surface area (Å²) >= 11 is 0. The molecule has 140 valence electrons. The fraction of sp³-hybridized carbons (Fsp3) is 0.273. The van der Waals surface area contributed by atoms with Gasteiger partial charge in [-0.3, -0.25) is 9.48 Å². The van der Waals surface area contributed by atoms with Crippen LogP contribution in [0.15, 0.2) is 48.5 Å². The molecule has 3 aromatic rings. The number of hydrogen-bond donors (Lipinski definition) is 1. The number of aromatic nitrogens is 2. The van der Waals surface area contributed by atoms with Crippen LogP contribution in [0, 0.1) is 13.8 Å². The molecular formula is C22H25N3O2. The van der Waals surface area contributed by atoms with Crippen LogP contribution in [0.25, 0.3) is 11.1 Å². The number of amides is 1. The number of carbonyl (C=O) groups excluding carboxylic acids is 1. The van der Waals surface area contributed by atoms with Crippen molar-refractivity contribution in [3.05, 3.63) is 71.0 Å². The van der Waals surface area contributed by atoms with Crippen LogP contribution in [0.2, 0.25) is 0 Å². The maximum Gasteiger partial charge on any atom is 0.251 e. The van der Waals surface area contributed by atoms with Crippen molar-refractivity contribution >= 4 is 5.91 Å². The minimum Gasteiger partial charge on any atom is -0.496 e. The topological polar surface area (TPSA) is 56.1 Å². The van der Waals surface area contributed by atoms with Crippen LogP contribution >= 0.6 is 0 Å². The molecule has 0 saturated heterocycles. The SMILES string of the molecule is COc1ccccc1-c1ccc(C(=O)NC(C)c2c(C)nn(C)c2C)cc1. The van der Waals surface area contributed by atoms with Gasteiger partial charge in [-0.1, -0.05) is 30.3 Å². The molecule has 27 heavy (non-hydrogen) atoms. The number of ether oxygens (including phenoxy) is 1. The summed E-state index contributed by atoms with van der Waals surface area (Å²) < 4.78 is 7.26. The summed E-state index contributed by atoms with van der Waals surface area (Å²) in [6, 6.07) is 15.3. The highest BCUT2D eigenvalue weighted by molar-refractivity contribution is 5.95. The molecule has 0 saturated carbocycles. The predicted octanol–water partition coefficient (Wildman–Crippen LogP) is 4.20. The van der Waals surface area contributed by atoms with Crippen LogP contribution in [0.5, 0.6) is 5.75 Å². The molecule has 1 heterocycles. The summed E-state index contributed by atoms with van der Waals surface area (Å²) in [4.78, 5) is 12.7. The third kappa shape index (κ3) is 3.72. The third-order valence-electron chi connectivity index (χ3n) is 4.91. The largest absolute Gasteiger partial charge is 0.496 e. The van der Waals surface area contributed by atoms with E-state index < -0.39 is 0 Å². The van der Waals surface area contributed by atoms with Gasteiger partial charge in [-0.05, 0) is 44.5 Å². The minimum atomic E-state index is -0.111. The van der Waals surface area contributed by atoms with E-state index in [-0.39, 0.29) is 11.9 Å². The molecule has 1 amide bonds. The van der Waals surface area contributed by atoms with Gasteiger partial charge in [-0.15, -0.1) is 0 Å². The lowest BCUT2D eigenvalue weighted by molar-refractivity contribution is 0.0940. The summed E-state index contributed by atoms with van der Waals surface area (Å²) in [5, 5.41) is 7.50. The van der Waals surface area contributed by atoms with E-state index in [4.69, 9.17) is 4.74 Å². The maximum absolute atomic E-state index is 12.7. The monoisotopic (exact) mass is 363 g/mol. The summed E-state index contributed by atoms with van der Waals surface area (Å²) in [6.45, 7) is 5.96.